The van der Waals surface area contributed by atoms with Crippen LogP contribution in [-0.2, 0) is 0 Å². The first-order valence-electron chi connectivity index (χ1n) is 22.8. The number of nitrogens with zero attached hydrogens (tertiary/aromatic N) is 3. The topological polar surface area (TPSA) is 14.8 Å². The van der Waals surface area contributed by atoms with E-state index in [1.54, 1.807) is 0 Å². The molecule has 0 saturated carbocycles. The van der Waals surface area contributed by atoms with Gasteiger partial charge >= 0.3 is 0 Å². The molecule has 3 heterocycles. The minimum Gasteiger partial charge on any atom is -0.309 e. The van der Waals surface area contributed by atoms with Crippen molar-refractivity contribution >= 4 is 87.0 Å². The highest BCUT2D eigenvalue weighted by Crippen LogP contribution is 2.42. The lowest BCUT2D eigenvalue weighted by molar-refractivity contribution is 1.18. The first-order valence-corrected chi connectivity index (χ1v) is 22.8. The van der Waals surface area contributed by atoms with Crippen molar-refractivity contribution in [1.82, 2.24) is 13.7 Å². The Kier molecular flexibility index (Phi) is 7.90. The Bertz CT molecular complexity index is 4060. The first-order chi connectivity index (χ1) is 32.6. The predicted octanol–water partition coefficient (Wildman–Crippen LogP) is 16.9. The molecule has 0 atom stereocenters. The van der Waals surface area contributed by atoms with Crippen LogP contribution in [0.2, 0.25) is 0 Å². The molecule has 0 amide bonds. The van der Waals surface area contributed by atoms with Gasteiger partial charge in [0.05, 0.1) is 33.1 Å². The Labute approximate surface area is 381 Å². The predicted molar refractivity (Wildman–Crippen MR) is 280 cm³/mol. The Morgan fingerprint density at radius 1 is 0.227 bits per heavy atom. The molecule has 308 valence electrons. The van der Waals surface area contributed by atoms with Crippen LogP contribution >= 0.6 is 0 Å². The molecule has 14 rings (SSSR count). The number of para-hydroxylation sites is 4. The Morgan fingerprint density at radius 3 is 1.20 bits per heavy atom. The molecule has 11 aromatic carbocycles. The molecule has 0 saturated heterocycles. The van der Waals surface area contributed by atoms with E-state index < -0.39 is 0 Å². The molecule has 3 heteroatoms. The fraction of sp³-hybridized carbons (Fsp3) is 0.0159. The van der Waals surface area contributed by atoms with Gasteiger partial charge in [-0.15, -0.1) is 0 Å². The first kappa shape index (κ1) is 36.8. The summed E-state index contributed by atoms with van der Waals surface area (Å²) in [4.78, 5) is 0. The van der Waals surface area contributed by atoms with Crippen molar-refractivity contribution in [1.29, 1.82) is 0 Å². The monoisotopic (exact) mass is 839 g/mol. The van der Waals surface area contributed by atoms with E-state index >= 15 is 0 Å². The lowest BCUT2D eigenvalue weighted by atomic mass is 9.97. The zero-order chi connectivity index (χ0) is 43.5. The molecule has 0 unspecified atom stereocenters. The summed E-state index contributed by atoms with van der Waals surface area (Å²) in [5, 5.41) is 12.6. The van der Waals surface area contributed by atoms with E-state index in [9.17, 15) is 0 Å². The molecule has 0 bridgehead atoms. The Morgan fingerprint density at radius 2 is 0.636 bits per heavy atom. The highest BCUT2D eigenvalue weighted by atomic mass is 15.0. The summed E-state index contributed by atoms with van der Waals surface area (Å²) in [5.74, 6) is 0. The van der Waals surface area contributed by atoms with Gasteiger partial charge in [0.1, 0.15) is 0 Å². The minimum atomic E-state index is 1.15. The van der Waals surface area contributed by atoms with E-state index in [0.717, 1.165) is 5.69 Å². The van der Waals surface area contributed by atoms with Gasteiger partial charge in [-0.3, -0.25) is 0 Å². The average Bonchev–Trinajstić information content (AvgIpc) is 4.01. The molecule has 3 nitrogen and oxygen atoms in total. The quantitative estimate of drug-likeness (QED) is 0.153. The standard InChI is InChI=1S/C63H41N3/c1-40-34-45-14-8-9-19-50(45)55-39-48(28-31-49(40)55)66-62-37-43(41-26-32-60-56(35-41)51-20-10-12-22-58(51)64(60)46-15-4-2-5-16-46)24-29-53(62)54-30-25-44(38-63(54)66)42-27-33-61-57(36-42)52-21-11-13-23-59(52)65(61)47-17-6-3-7-18-47/h2-39H,1H3. The summed E-state index contributed by atoms with van der Waals surface area (Å²) in [6.45, 7) is 2.23. The summed E-state index contributed by atoms with van der Waals surface area (Å²) >= 11 is 0. The van der Waals surface area contributed by atoms with Gasteiger partial charge in [0.2, 0.25) is 0 Å². The molecular weight excluding hydrogens is 799 g/mol. The normalized spacial score (nSPS) is 12.0. The van der Waals surface area contributed by atoms with Crippen LogP contribution in [-0.4, -0.2) is 13.7 Å². The zero-order valence-corrected chi connectivity index (χ0v) is 36.3. The van der Waals surface area contributed by atoms with Crippen LogP contribution in [0.25, 0.3) is 126 Å². The van der Waals surface area contributed by atoms with Crippen LogP contribution in [0.5, 0.6) is 0 Å². The summed E-state index contributed by atoms with van der Waals surface area (Å²) in [6, 6.07) is 85.2. The Balaban J connectivity index is 0.998. The van der Waals surface area contributed by atoms with Gasteiger partial charge in [0.15, 0.2) is 0 Å². The average molecular weight is 840 g/mol. The van der Waals surface area contributed by atoms with Crippen LogP contribution in [0.3, 0.4) is 0 Å². The number of aromatic nitrogens is 3. The van der Waals surface area contributed by atoms with Gasteiger partial charge < -0.3 is 13.7 Å². The summed E-state index contributed by atoms with van der Waals surface area (Å²) in [7, 11) is 0. The van der Waals surface area contributed by atoms with Crippen LogP contribution < -0.4 is 0 Å². The third kappa shape index (κ3) is 5.44. The maximum atomic E-state index is 2.51. The van der Waals surface area contributed by atoms with Gasteiger partial charge in [0.25, 0.3) is 0 Å². The van der Waals surface area contributed by atoms with Crippen molar-refractivity contribution in [3.05, 3.63) is 236 Å². The maximum Gasteiger partial charge on any atom is 0.0547 e. The van der Waals surface area contributed by atoms with Gasteiger partial charge in [-0.1, -0.05) is 146 Å². The van der Waals surface area contributed by atoms with E-state index in [-0.39, 0.29) is 0 Å². The highest BCUT2D eigenvalue weighted by molar-refractivity contribution is 6.15. The molecule has 66 heavy (non-hydrogen) atoms. The van der Waals surface area contributed by atoms with E-state index in [1.807, 2.05) is 0 Å². The maximum absolute atomic E-state index is 2.51. The number of hydrogen-bond donors (Lipinski definition) is 0. The van der Waals surface area contributed by atoms with Gasteiger partial charge in [0, 0.05) is 49.4 Å². The molecule has 0 aliphatic rings. The van der Waals surface area contributed by atoms with Crippen LogP contribution in [0.4, 0.5) is 0 Å². The van der Waals surface area contributed by atoms with Crippen LogP contribution in [0.15, 0.2) is 231 Å². The van der Waals surface area contributed by atoms with Crippen molar-refractivity contribution in [2.45, 2.75) is 6.92 Å². The second-order valence-electron chi connectivity index (χ2n) is 17.8. The van der Waals surface area contributed by atoms with E-state index in [2.05, 4.69) is 251 Å². The fourth-order valence-corrected chi connectivity index (χ4v) is 11.1. The lowest BCUT2D eigenvalue weighted by Gasteiger charge is -2.14. The van der Waals surface area contributed by atoms with Gasteiger partial charge in [-0.25, -0.2) is 0 Å². The lowest BCUT2D eigenvalue weighted by Crippen LogP contribution is -1.95. The molecule has 0 fully saturated rings. The van der Waals surface area contributed by atoms with Gasteiger partial charge in [-0.2, -0.15) is 0 Å². The van der Waals surface area contributed by atoms with Crippen molar-refractivity contribution in [3.8, 4) is 39.3 Å². The van der Waals surface area contributed by atoms with E-state index in [0.29, 0.717) is 0 Å². The molecular formula is C63H41N3. The van der Waals surface area contributed by atoms with Gasteiger partial charge in [-0.05, 0) is 141 Å². The summed E-state index contributed by atoms with van der Waals surface area (Å²) in [6.07, 6.45) is 0. The van der Waals surface area contributed by atoms with Crippen molar-refractivity contribution < 1.29 is 0 Å². The van der Waals surface area contributed by atoms with E-state index in [4.69, 9.17) is 0 Å². The number of aryl methyl sites for hydroxylation is 1. The number of rotatable bonds is 5. The van der Waals surface area contributed by atoms with Crippen molar-refractivity contribution in [3.63, 3.8) is 0 Å². The Hall–Kier alpha value is -8.66. The second kappa shape index (κ2) is 14.2. The molecule has 14 aromatic rings. The largest absolute Gasteiger partial charge is 0.309 e. The molecule has 0 N–H and O–H groups in total. The summed E-state index contributed by atoms with van der Waals surface area (Å²) < 4.78 is 7.28. The molecule has 0 spiro atoms. The third-order valence-corrected chi connectivity index (χ3v) is 14.1. The molecule has 0 aliphatic carbocycles. The fourth-order valence-electron chi connectivity index (χ4n) is 11.1. The van der Waals surface area contributed by atoms with E-state index in [1.165, 1.54) is 126 Å². The molecule has 0 aliphatic heterocycles. The third-order valence-electron chi connectivity index (χ3n) is 14.1. The van der Waals surface area contributed by atoms with Crippen LogP contribution in [0.1, 0.15) is 5.56 Å². The second-order valence-corrected chi connectivity index (χ2v) is 17.8. The number of fused-ring (bicyclic) bond motifs is 12. The van der Waals surface area contributed by atoms with Crippen molar-refractivity contribution in [2.24, 2.45) is 0 Å². The SMILES string of the molecule is Cc1cc2ccccc2c2cc(-n3c4cc(-c5ccc6c(c5)c5ccccc5n6-c5ccccc5)ccc4c4ccc(-c5ccc6c(c5)c5ccccc5n6-c5ccccc5)cc43)ccc12. The molecule has 3 aromatic heterocycles. The highest BCUT2D eigenvalue weighted by Gasteiger charge is 2.19. The number of hydrogen-bond acceptors (Lipinski definition) is 0. The molecule has 0 radical (unpaired) electrons. The minimum absolute atomic E-state index is 1.15. The van der Waals surface area contributed by atoms with Crippen LogP contribution in [0, 0.1) is 6.92 Å². The zero-order valence-electron chi connectivity index (χ0n) is 36.3. The number of benzene rings is 11. The van der Waals surface area contributed by atoms with Crippen molar-refractivity contribution in [2.75, 3.05) is 0 Å². The smallest absolute Gasteiger partial charge is 0.0547 e. The summed E-state index contributed by atoms with van der Waals surface area (Å²) in [5.41, 5.74) is 16.7.